The molecule has 2 N–H and O–H groups in total. The van der Waals surface area contributed by atoms with Crippen molar-refractivity contribution in [3.05, 3.63) is 63.5 Å². The highest BCUT2D eigenvalue weighted by Gasteiger charge is 2.20. The van der Waals surface area contributed by atoms with Gasteiger partial charge in [0.05, 0.1) is 22.8 Å². The van der Waals surface area contributed by atoms with Crippen LogP contribution in [0.4, 0.5) is 23.4 Å². The molecule has 0 saturated carbocycles. The van der Waals surface area contributed by atoms with E-state index in [1.165, 1.54) is 18.5 Å². The number of halogens is 5. The highest BCUT2D eigenvalue weighted by atomic mass is 79.9. The highest BCUT2D eigenvalue weighted by Crippen LogP contribution is 2.21. The number of hydrogen-bond donors (Lipinski definition) is 2. The lowest BCUT2D eigenvalue weighted by Gasteiger charge is -2.07. The first-order valence-corrected chi connectivity index (χ1v) is 7.51. The van der Waals surface area contributed by atoms with E-state index in [1.807, 2.05) is 0 Å². The summed E-state index contributed by atoms with van der Waals surface area (Å²) < 4.78 is 55.2. The van der Waals surface area contributed by atoms with Gasteiger partial charge < -0.3 is 5.32 Å². The molecule has 11 heteroatoms. The highest BCUT2D eigenvalue weighted by molar-refractivity contribution is 9.10. The third kappa shape index (κ3) is 3.40. The third-order valence-corrected chi connectivity index (χ3v) is 3.83. The van der Waals surface area contributed by atoms with E-state index in [-0.39, 0.29) is 17.6 Å². The molecule has 0 saturated heterocycles. The van der Waals surface area contributed by atoms with Gasteiger partial charge in [-0.15, -0.1) is 0 Å². The molecular formula is C14H8BrF4N5O. The van der Waals surface area contributed by atoms with Crippen molar-refractivity contribution in [3.63, 3.8) is 0 Å². The van der Waals surface area contributed by atoms with Gasteiger partial charge >= 0.3 is 0 Å². The lowest BCUT2D eigenvalue weighted by molar-refractivity contribution is 0.102. The van der Waals surface area contributed by atoms with E-state index in [4.69, 9.17) is 0 Å². The largest absolute Gasteiger partial charge is 0.304 e. The first kappa shape index (κ1) is 17.1. The Balaban J connectivity index is 1.79. The predicted octanol–water partition coefficient (Wildman–Crippen LogP) is 3.23. The van der Waals surface area contributed by atoms with E-state index in [0.29, 0.717) is 4.47 Å². The van der Waals surface area contributed by atoms with E-state index in [9.17, 15) is 22.4 Å². The monoisotopic (exact) mass is 417 g/mol. The normalized spacial score (nSPS) is 10.9. The topological polar surface area (TPSA) is 75.6 Å². The Morgan fingerprint density at radius 1 is 1.24 bits per heavy atom. The fourth-order valence-corrected chi connectivity index (χ4v) is 2.42. The molecule has 25 heavy (non-hydrogen) atoms. The SMILES string of the molecule is O=C(Nc1ccn(Cc2c(F)c(F)cc(F)c2F)n1)c1[nH]ncc1Br. The van der Waals surface area contributed by atoms with Crippen LogP contribution < -0.4 is 5.32 Å². The van der Waals surface area contributed by atoms with Crippen LogP contribution >= 0.6 is 15.9 Å². The van der Waals surface area contributed by atoms with Crippen molar-refractivity contribution < 1.29 is 22.4 Å². The van der Waals surface area contributed by atoms with Gasteiger partial charge in [-0.2, -0.15) is 10.2 Å². The van der Waals surface area contributed by atoms with Crippen LogP contribution in [0.25, 0.3) is 0 Å². The number of aromatic nitrogens is 4. The van der Waals surface area contributed by atoms with Crippen LogP contribution in [-0.4, -0.2) is 25.9 Å². The van der Waals surface area contributed by atoms with E-state index in [2.05, 4.69) is 36.5 Å². The number of rotatable bonds is 4. The lowest BCUT2D eigenvalue weighted by Crippen LogP contribution is -2.14. The van der Waals surface area contributed by atoms with E-state index in [0.717, 1.165) is 4.68 Å². The summed E-state index contributed by atoms with van der Waals surface area (Å²) in [6, 6.07) is 1.48. The quantitative estimate of drug-likeness (QED) is 0.505. The van der Waals surface area contributed by atoms with Crippen molar-refractivity contribution >= 4 is 27.7 Å². The van der Waals surface area contributed by atoms with E-state index < -0.39 is 41.3 Å². The molecule has 0 atom stereocenters. The van der Waals surface area contributed by atoms with Crippen LogP contribution in [0, 0.1) is 23.3 Å². The second-order valence-corrected chi connectivity index (χ2v) is 5.75. The Bertz CT molecular complexity index is 929. The summed E-state index contributed by atoms with van der Waals surface area (Å²) in [4.78, 5) is 12.0. The number of aromatic amines is 1. The molecule has 2 heterocycles. The molecule has 3 rings (SSSR count). The van der Waals surface area contributed by atoms with E-state index in [1.54, 1.807) is 0 Å². The molecule has 0 fully saturated rings. The number of carbonyl (C=O) groups is 1. The van der Waals surface area contributed by atoms with Crippen LogP contribution in [-0.2, 0) is 6.54 Å². The molecule has 0 radical (unpaired) electrons. The molecule has 1 amide bonds. The maximum absolute atomic E-state index is 13.7. The number of anilines is 1. The average molecular weight is 418 g/mol. The molecule has 130 valence electrons. The number of benzene rings is 1. The van der Waals surface area contributed by atoms with Gasteiger partial charge in [-0.3, -0.25) is 14.6 Å². The van der Waals surface area contributed by atoms with Gasteiger partial charge in [-0.25, -0.2) is 17.6 Å². The second kappa shape index (κ2) is 6.67. The molecule has 2 aromatic heterocycles. The van der Waals surface area contributed by atoms with E-state index >= 15 is 0 Å². The molecule has 0 bridgehead atoms. The van der Waals surface area contributed by atoms with Crippen molar-refractivity contribution in [1.29, 1.82) is 0 Å². The summed E-state index contributed by atoms with van der Waals surface area (Å²) in [5.41, 5.74) is -0.659. The molecule has 0 unspecified atom stereocenters. The van der Waals surface area contributed by atoms with Gasteiger partial charge in [0.2, 0.25) is 0 Å². The minimum absolute atomic E-state index is 0.0733. The zero-order valence-corrected chi connectivity index (χ0v) is 13.7. The Labute approximate surface area is 146 Å². The number of nitrogens with one attached hydrogen (secondary N) is 2. The summed E-state index contributed by atoms with van der Waals surface area (Å²) in [5.74, 6) is -6.48. The summed E-state index contributed by atoms with van der Waals surface area (Å²) in [6.45, 7) is -0.560. The Hall–Kier alpha value is -2.69. The molecular weight excluding hydrogens is 410 g/mol. The first-order valence-electron chi connectivity index (χ1n) is 6.72. The van der Waals surface area contributed by atoms with Crippen LogP contribution in [0.3, 0.4) is 0 Å². The molecule has 0 aliphatic rings. The minimum Gasteiger partial charge on any atom is -0.304 e. The molecule has 3 aromatic rings. The van der Waals surface area contributed by atoms with Gasteiger partial charge in [0, 0.05) is 18.3 Å². The van der Waals surface area contributed by atoms with Crippen molar-refractivity contribution in [2.75, 3.05) is 5.32 Å². The molecule has 0 aliphatic carbocycles. The second-order valence-electron chi connectivity index (χ2n) is 4.89. The third-order valence-electron chi connectivity index (χ3n) is 3.23. The van der Waals surface area contributed by atoms with Gasteiger partial charge in [-0.1, -0.05) is 0 Å². The van der Waals surface area contributed by atoms with Crippen molar-refractivity contribution in [3.8, 4) is 0 Å². The van der Waals surface area contributed by atoms with Crippen LogP contribution in [0.5, 0.6) is 0 Å². The number of nitrogens with zero attached hydrogens (tertiary/aromatic N) is 3. The fourth-order valence-electron chi connectivity index (χ4n) is 2.05. The number of amides is 1. The number of H-pyrrole nitrogens is 1. The van der Waals surface area contributed by atoms with Crippen LogP contribution in [0.1, 0.15) is 16.1 Å². The minimum atomic E-state index is -1.50. The lowest BCUT2D eigenvalue weighted by atomic mass is 10.2. The van der Waals surface area contributed by atoms with Crippen molar-refractivity contribution in [2.45, 2.75) is 6.54 Å². The Morgan fingerprint density at radius 2 is 1.92 bits per heavy atom. The fraction of sp³-hybridized carbons (Fsp3) is 0.0714. The molecule has 0 aliphatic heterocycles. The number of hydrogen-bond acceptors (Lipinski definition) is 3. The van der Waals surface area contributed by atoms with Gasteiger partial charge in [0.1, 0.15) is 5.69 Å². The maximum atomic E-state index is 13.7. The predicted molar refractivity (Wildman–Crippen MR) is 81.8 cm³/mol. The van der Waals surface area contributed by atoms with Crippen LogP contribution in [0.2, 0.25) is 0 Å². The zero-order valence-electron chi connectivity index (χ0n) is 12.2. The Kier molecular flexibility index (Phi) is 4.57. The van der Waals surface area contributed by atoms with Gasteiger partial charge in [-0.05, 0) is 15.9 Å². The molecule has 6 nitrogen and oxygen atoms in total. The smallest absolute Gasteiger partial charge is 0.276 e. The standard InChI is InChI=1S/C14H8BrF4N5O/c15-7-4-20-22-13(7)14(25)21-10-1-2-24(23-10)5-6-11(18)8(16)3-9(17)12(6)19/h1-4H,5H2,(H,20,22)(H,21,23,25). The molecule has 1 aromatic carbocycles. The summed E-state index contributed by atoms with van der Waals surface area (Å²) in [6.07, 6.45) is 2.68. The molecule has 0 spiro atoms. The van der Waals surface area contributed by atoms with Crippen molar-refractivity contribution in [2.24, 2.45) is 0 Å². The summed E-state index contributed by atoms with van der Waals surface area (Å²) in [5, 5.41) is 12.5. The van der Waals surface area contributed by atoms with Crippen LogP contribution in [0.15, 0.2) is 29.0 Å². The Morgan fingerprint density at radius 3 is 2.52 bits per heavy atom. The van der Waals surface area contributed by atoms with Gasteiger partial charge in [0.15, 0.2) is 29.1 Å². The summed E-state index contributed by atoms with van der Waals surface area (Å²) >= 11 is 3.12. The number of carbonyl (C=O) groups excluding carboxylic acids is 1. The maximum Gasteiger partial charge on any atom is 0.276 e. The van der Waals surface area contributed by atoms with Crippen molar-refractivity contribution in [1.82, 2.24) is 20.0 Å². The summed E-state index contributed by atoms with van der Waals surface area (Å²) in [7, 11) is 0. The average Bonchev–Trinajstić information content (AvgIpc) is 3.18. The zero-order chi connectivity index (χ0) is 18.1. The first-order chi connectivity index (χ1) is 11.9. The van der Waals surface area contributed by atoms with Gasteiger partial charge in [0.25, 0.3) is 5.91 Å².